The summed E-state index contributed by atoms with van der Waals surface area (Å²) < 4.78 is 0. The third-order valence-corrected chi connectivity index (χ3v) is 5.17. The molecule has 1 aliphatic rings. The molecule has 120 valence electrons. The summed E-state index contributed by atoms with van der Waals surface area (Å²) in [5.41, 5.74) is 9.97. The zero-order valence-electron chi connectivity index (χ0n) is 14.9. The van der Waals surface area contributed by atoms with E-state index in [2.05, 4.69) is 94.4 Å². The van der Waals surface area contributed by atoms with Gasteiger partial charge >= 0.3 is 0 Å². The van der Waals surface area contributed by atoms with Crippen molar-refractivity contribution < 1.29 is 0 Å². The minimum atomic E-state index is 0.170. The molecule has 0 amide bonds. The van der Waals surface area contributed by atoms with E-state index in [1.165, 1.54) is 38.9 Å². The van der Waals surface area contributed by atoms with Crippen LogP contribution in [0.5, 0.6) is 0 Å². The van der Waals surface area contributed by atoms with Crippen LogP contribution in [0.1, 0.15) is 54.5 Å². The summed E-state index contributed by atoms with van der Waals surface area (Å²) in [6.07, 6.45) is 0. The SMILES string of the molecule is Cc1ccc2c(c1)C(c1cccc(C(C)(C)C)c1)c1ccccc1-2. The third-order valence-electron chi connectivity index (χ3n) is 5.17. The van der Waals surface area contributed by atoms with Gasteiger partial charge in [-0.05, 0) is 45.7 Å². The van der Waals surface area contributed by atoms with Gasteiger partial charge in [-0.2, -0.15) is 0 Å². The Labute approximate surface area is 145 Å². The van der Waals surface area contributed by atoms with Gasteiger partial charge in [-0.1, -0.05) is 93.1 Å². The summed E-state index contributed by atoms with van der Waals surface area (Å²) >= 11 is 0. The van der Waals surface area contributed by atoms with Gasteiger partial charge in [0.2, 0.25) is 0 Å². The smallest absolute Gasteiger partial charge is 0.0352 e. The minimum absolute atomic E-state index is 0.170. The predicted octanol–water partition coefficient (Wildman–Crippen LogP) is 6.45. The van der Waals surface area contributed by atoms with Crippen LogP contribution in [0.4, 0.5) is 0 Å². The first-order valence-electron chi connectivity index (χ1n) is 8.75. The van der Waals surface area contributed by atoms with E-state index in [-0.39, 0.29) is 5.41 Å². The molecule has 0 radical (unpaired) electrons. The molecule has 0 fully saturated rings. The molecule has 0 saturated heterocycles. The molecule has 1 unspecified atom stereocenters. The first-order chi connectivity index (χ1) is 11.4. The van der Waals surface area contributed by atoms with E-state index >= 15 is 0 Å². The van der Waals surface area contributed by atoms with E-state index in [0.29, 0.717) is 5.92 Å². The fraction of sp³-hybridized carbons (Fsp3) is 0.250. The molecular formula is C24H24. The van der Waals surface area contributed by atoms with Crippen LogP contribution in [0.25, 0.3) is 11.1 Å². The highest BCUT2D eigenvalue weighted by atomic mass is 14.3. The van der Waals surface area contributed by atoms with Gasteiger partial charge in [0.15, 0.2) is 0 Å². The maximum absolute atomic E-state index is 2.40. The predicted molar refractivity (Wildman–Crippen MR) is 103 cm³/mol. The zero-order valence-corrected chi connectivity index (χ0v) is 14.9. The molecule has 24 heavy (non-hydrogen) atoms. The Morgan fingerprint density at radius 1 is 0.708 bits per heavy atom. The quantitative estimate of drug-likeness (QED) is 0.379. The van der Waals surface area contributed by atoms with Gasteiger partial charge in [0, 0.05) is 5.92 Å². The molecule has 0 heteroatoms. The molecule has 4 rings (SSSR count). The molecule has 3 aromatic rings. The number of rotatable bonds is 1. The van der Waals surface area contributed by atoms with Crippen molar-refractivity contribution in [1.82, 2.24) is 0 Å². The van der Waals surface area contributed by atoms with E-state index in [1.54, 1.807) is 0 Å². The Morgan fingerprint density at radius 2 is 1.46 bits per heavy atom. The molecule has 0 N–H and O–H groups in total. The van der Waals surface area contributed by atoms with Crippen molar-refractivity contribution in [3.63, 3.8) is 0 Å². The molecule has 0 aromatic heterocycles. The van der Waals surface area contributed by atoms with Gasteiger partial charge in [-0.15, -0.1) is 0 Å². The highest BCUT2D eigenvalue weighted by Crippen LogP contribution is 2.48. The molecule has 0 nitrogen and oxygen atoms in total. The Bertz CT molecular complexity index is 909. The first-order valence-corrected chi connectivity index (χ1v) is 8.75. The lowest BCUT2D eigenvalue weighted by Crippen LogP contribution is -2.12. The normalized spacial score (nSPS) is 15.9. The van der Waals surface area contributed by atoms with Crippen LogP contribution in [-0.4, -0.2) is 0 Å². The standard InChI is InChI=1S/C24H24/c1-16-12-13-20-19-10-5-6-11-21(19)23(22(20)14-16)17-8-7-9-18(15-17)24(2,3)4/h5-15,23H,1-4H3. The van der Waals surface area contributed by atoms with E-state index in [9.17, 15) is 0 Å². The average molecular weight is 312 g/mol. The van der Waals surface area contributed by atoms with Crippen LogP contribution >= 0.6 is 0 Å². The number of aryl methyl sites for hydroxylation is 1. The summed E-state index contributed by atoms with van der Waals surface area (Å²) in [4.78, 5) is 0. The van der Waals surface area contributed by atoms with E-state index in [4.69, 9.17) is 0 Å². The van der Waals surface area contributed by atoms with Gasteiger partial charge in [-0.3, -0.25) is 0 Å². The average Bonchev–Trinajstić information content (AvgIpc) is 2.87. The van der Waals surface area contributed by atoms with Gasteiger partial charge in [-0.25, -0.2) is 0 Å². The summed E-state index contributed by atoms with van der Waals surface area (Å²) in [5, 5.41) is 0. The van der Waals surface area contributed by atoms with Crippen molar-refractivity contribution in [2.75, 3.05) is 0 Å². The summed E-state index contributed by atoms with van der Waals surface area (Å²) in [5.74, 6) is 0.346. The topological polar surface area (TPSA) is 0 Å². The number of fused-ring (bicyclic) bond motifs is 3. The Kier molecular flexibility index (Phi) is 3.38. The molecule has 0 saturated carbocycles. The summed E-state index contributed by atoms with van der Waals surface area (Å²) in [7, 11) is 0. The van der Waals surface area contributed by atoms with Crippen molar-refractivity contribution in [3.8, 4) is 11.1 Å². The minimum Gasteiger partial charge on any atom is -0.0619 e. The van der Waals surface area contributed by atoms with Crippen molar-refractivity contribution >= 4 is 0 Å². The fourth-order valence-corrected chi connectivity index (χ4v) is 3.87. The van der Waals surface area contributed by atoms with E-state index in [1.807, 2.05) is 0 Å². The fourth-order valence-electron chi connectivity index (χ4n) is 3.87. The van der Waals surface area contributed by atoms with Crippen molar-refractivity contribution in [2.24, 2.45) is 0 Å². The number of hydrogen-bond donors (Lipinski definition) is 0. The zero-order chi connectivity index (χ0) is 16.9. The molecule has 1 atom stereocenters. The lowest BCUT2D eigenvalue weighted by molar-refractivity contribution is 0.589. The van der Waals surface area contributed by atoms with Crippen molar-refractivity contribution in [2.45, 2.75) is 39.0 Å². The maximum atomic E-state index is 2.40. The molecular weight excluding hydrogens is 288 g/mol. The van der Waals surface area contributed by atoms with Crippen LogP contribution in [0.3, 0.4) is 0 Å². The van der Waals surface area contributed by atoms with Crippen LogP contribution in [0.2, 0.25) is 0 Å². The van der Waals surface area contributed by atoms with Crippen LogP contribution in [0, 0.1) is 6.92 Å². The number of hydrogen-bond acceptors (Lipinski definition) is 0. The van der Waals surface area contributed by atoms with Crippen LogP contribution in [-0.2, 0) is 5.41 Å². The number of benzene rings is 3. The monoisotopic (exact) mass is 312 g/mol. The Balaban J connectivity index is 1.94. The second-order valence-corrected chi connectivity index (χ2v) is 7.99. The van der Waals surface area contributed by atoms with Gasteiger partial charge in [0.05, 0.1) is 0 Å². The largest absolute Gasteiger partial charge is 0.0619 e. The van der Waals surface area contributed by atoms with Crippen molar-refractivity contribution in [3.05, 3.63) is 94.5 Å². The Morgan fingerprint density at radius 3 is 2.25 bits per heavy atom. The maximum Gasteiger partial charge on any atom is 0.0352 e. The van der Waals surface area contributed by atoms with E-state index in [0.717, 1.165) is 0 Å². The second kappa shape index (κ2) is 5.34. The Hall–Kier alpha value is -2.34. The lowest BCUT2D eigenvalue weighted by Gasteiger charge is -2.22. The lowest BCUT2D eigenvalue weighted by atomic mass is 9.82. The molecule has 0 aliphatic heterocycles. The summed E-state index contributed by atoms with van der Waals surface area (Å²) in [6.45, 7) is 9.04. The van der Waals surface area contributed by atoms with Crippen LogP contribution in [0.15, 0.2) is 66.7 Å². The first kappa shape index (κ1) is 15.2. The van der Waals surface area contributed by atoms with Crippen LogP contribution < -0.4 is 0 Å². The van der Waals surface area contributed by atoms with E-state index < -0.39 is 0 Å². The molecule has 0 spiro atoms. The highest BCUT2D eigenvalue weighted by Gasteiger charge is 2.30. The van der Waals surface area contributed by atoms with Gasteiger partial charge in [0.25, 0.3) is 0 Å². The molecule has 0 heterocycles. The van der Waals surface area contributed by atoms with Gasteiger partial charge < -0.3 is 0 Å². The highest BCUT2D eigenvalue weighted by molar-refractivity contribution is 5.81. The van der Waals surface area contributed by atoms with Gasteiger partial charge in [0.1, 0.15) is 0 Å². The molecule has 3 aromatic carbocycles. The molecule has 0 bridgehead atoms. The summed E-state index contributed by atoms with van der Waals surface area (Å²) in [6, 6.07) is 24.9. The second-order valence-electron chi connectivity index (χ2n) is 7.99. The molecule has 1 aliphatic carbocycles. The van der Waals surface area contributed by atoms with Crippen molar-refractivity contribution in [1.29, 1.82) is 0 Å². The third kappa shape index (κ3) is 2.38.